The molecule has 17 heavy (non-hydrogen) atoms. The summed E-state index contributed by atoms with van der Waals surface area (Å²) in [5.74, 6) is -4.85. The summed E-state index contributed by atoms with van der Waals surface area (Å²) in [6, 6.07) is 0. The molecule has 0 bridgehead atoms. The second-order valence-corrected chi connectivity index (χ2v) is 2.98. The molecule has 1 atom stereocenters. The van der Waals surface area contributed by atoms with E-state index in [4.69, 9.17) is 15.3 Å². The Balaban J connectivity index is 3.83. The molecule has 0 saturated carbocycles. The first-order valence-electron chi connectivity index (χ1n) is 4.53. The first-order valence-corrected chi connectivity index (χ1v) is 4.53. The quantitative estimate of drug-likeness (QED) is 0.226. The van der Waals surface area contributed by atoms with Crippen LogP contribution in [0.4, 0.5) is 0 Å². The van der Waals surface area contributed by atoms with Gasteiger partial charge in [-0.15, -0.1) is 0 Å². The van der Waals surface area contributed by atoms with Crippen LogP contribution in [0.1, 0.15) is 12.8 Å². The number of rotatable bonds is 9. The number of carbonyl (C=O) groups is 3. The number of carboxylic acid groups (broad SMARTS) is 3. The average Bonchev–Trinajstić information content (AvgIpc) is 2.20. The summed E-state index contributed by atoms with van der Waals surface area (Å²) in [6.07, 6.45) is 1.24. The van der Waals surface area contributed by atoms with Gasteiger partial charge in [-0.3, -0.25) is 14.4 Å². The van der Waals surface area contributed by atoms with E-state index >= 15 is 0 Å². The molecule has 1 unspecified atom stereocenters. The van der Waals surface area contributed by atoms with Gasteiger partial charge in [0.1, 0.15) is 12.9 Å². The number of hydrogen-bond acceptors (Lipinski definition) is 5. The van der Waals surface area contributed by atoms with E-state index in [-0.39, 0.29) is 6.42 Å². The van der Waals surface area contributed by atoms with Crippen molar-refractivity contribution in [2.45, 2.75) is 12.8 Å². The summed E-state index contributed by atoms with van der Waals surface area (Å²) in [4.78, 5) is 39.7. The van der Waals surface area contributed by atoms with Gasteiger partial charge in [-0.05, 0) is 6.08 Å². The fraction of sp³-hybridized carbons (Fsp3) is 0.444. The van der Waals surface area contributed by atoms with E-state index in [2.05, 4.69) is 9.78 Å². The molecule has 96 valence electrons. The largest absolute Gasteiger partial charge is 0.481 e. The third-order valence-electron chi connectivity index (χ3n) is 1.55. The lowest BCUT2D eigenvalue weighted by Gasteiger charge is -2.08. The third kappa shape index (κ3) is 8.88. The van der Waals surface area contributed by atoms with Crippen LogP contribution in [-0.2, 0) is 24.2 Å². The van der Waals surface area contributed by atoms with Crippen LogP contribution in [0.5, 0.6) is 0 Å². The van der Waals surface area contributed by atoms with E-state index in [0.717, 1.165) is 12.3 Å². The minimum atomic E-state index is -1.31. The van der Waals surface area contributed by atoms with Gasteiger partial charge in [-0.1, -0.05) is 0 Å². The first-order chi connectivity index (χ1) is 7.93. The zero-order chi connectivity index (χ0) is 13.3. The molecule has 0 amide bonds. The highest BCUT2D eigenvalue weighted by molar-refractivity contribution is 5.77. The predicted octanol–water partition coefficient (Wildman–Crippen LogP) is 0.0985. The minimum absolute atomic E-state index is 0.263. The Morgan fingerprint density at radius 1 is 1.12 bits per heavy atom. The second-order valence-electron chi connectivity index (χ2n) is 2.98. The summed E-state index contributed by atoms with van der Waals surface area (Å²) in [5.41, 5.74) is 0. The van der Waals surface area contributed by atoms with Gasteiger partial charge in [-0.25, -0.2) is 0 Å². The molecule has 0 aliphatic carbocycles. The Hall–Kier alpha value is -2.09. The Labute approximate surface area is 96.0 Å². The third-order valence-corrected chi connectivity index (χ3v) is 1.55. The molecule has 0 aliphatic heterocycles. The Bertz CT molecular complexity index is 308. The van der Waals surface area contributed by atoms with Crippen LogP contribution in [0, 0.1) is 5.92 Å². The van der Waals surface area contributed by atoms with Crippen molar-refractivity contribution in [3.63, 3.8) is 0 Å². The number of hydrogen-bond donors (Lipinski definition) is 3. The monoisotopic (exact) mass is 248 g/mol. The molecule has 8 nitrogen and oxygen atoms in total. The van der Waals surface area contributed by atoms with E-state index in [1.807, 2.05) is 0 Å². The lowest BCUT2D eigenvalue weighted by Crippen LogP contribution is -2.22. The Kier molecular flexibility index (Phi) is 7.11. The molecule has 0 aromatic rings. The standard InChI is InChI=1S/C9H12O8/c10-7(11)2-1-3-16-17-5-6(9(14)15)4-8(12)13/h1,3,6H,2,4-5H2,(H,10,11)(H,12,13)(H,14,15)/b3-1+. The van der Waals surface area contributed by atoms with Crippen molar-refractivity contribution < 1.29 is 39.5 Å². The molecule has 0 saturated heterocycles. The molecule has 0 aromatic carbocycles. The minimum Gasteiger partial charge on any atom is -0.481 e. The molecule has 8 heteroatoms. The van der Waals surface area contributed by atoms with Gasteiger partial charge in [0.2, 0.25) is 0 Å². The van der Waals surface area contributed by atoms with Crippen LogP contribution in [0.25, 0.3) is 0 Å². The zero-order valence-corrected chi connectivity index (χ0v) is 8.74. The van der Waals surface area contributed by atoms with Crippen molar-refractivity contribution >= 4 is 17.9 Å². The van der Waals surface area contributed by atoms with Gasteiger partial charge >= 0.3 is 17.9 Å². The fourth-order valence-electron chi connectivity index (χ4n) is 0.777. The zero-order valence-electron chi connectivity index (χ0n) is 8.74. The van der Waals surface area contributed by atoms with E-state index in [9.17, 15) is 14.4 Å². The predicted molar refractivity (Wildman–Crippen MR) is 51.8 cm³/mol. The van der Waals surface area contributed by atoms with Crippen LogP contribution in [0.15, 0.2) is 12.3 Å². The van der Waals surface area contributed by atoms with E-state index in [0.29, 0.717) is 0 Å². The second kappa shape index (κ2) is 8.11. The summed E-state index contributed by atoms with van der Waals surface area (Å²) in [5, 5.41) is 25.2. The molecule has 0 aliphatic rings. The van der Waals surface area contributed by atoms with Crippen LogP contribution in [-0.4, -0.2) is 39.8 Å². The molecular formula is C9H12O8. The van der Waals surface area contributed by atoms with Gasteiger partial charge in [0.25, 0.3) is 0 Å². The molecule has 0 heterocycles. The van der Waals surface area contributed by atoms with Gasteiger partial charge in [0.15, 0.2) is 0 Å². The highest BCUT2D eigenvalue weighted by atomic mass is 17.2. The van der Waals surface area contributed by atoms with Gasteiger partial charge in [0.05, 0.1) is 18.8 Å². The highest BCUT2D eigenvalue weighted by Crippen LogP contribution is 2.04. The summed E-state index contributed by atoms with van der Waals surface area (Å²) < 4.78 is 0. The molecular weight excluding hydrogens is 236 g/mol. The van der Waals surface area contributed by atoms with Crippen LogP contribution >= 0.6 is 0 Å². The van der Waals surface area contributed by atoms with Crippen molar-refractivity contribution in [3.8, 4) is 0 Å². The maximum Gasteiger partial charge on any atom is 0.309 e. The molecule has 0 radical (unpaired) electrons. The summed E-state index contributed by atoms with van der Waals surface area (Å²) >= 11 is 0. The van der Waals surface area contributed by atoms with Crippen molar-refractivity contribution in [1.29, 1.82) is 0 Å². The van der Waals surface area contributed by atoms with Crippen molar-refractivity contribution in [2.75, 3.05) is 6.61 Å². The van der Waals surface area contributed by atoms with Crippen molar-refractivity contribution in [2.24, 2.45) is 5.92 Å². The van der Waals surface area contributed by atoms with E-state index < -0.39 is 36.9 Å². The van der Waals surface area contributed by atoms with Crippen LogP contribution in [0.2, 0.25) is 0 Å². The summed E-state index contributed by atoms with van der Waals surface area (Å²) in [7, 11) is 0. The summed E-state index contributed by atoms with van der Waals surface area (Å²) in [6.45, 7) is -0.445. The fourth-order valence-corrected chi connectivity index (χ4v) is 0.777. The van der Waals surface area contributed by atoms with Crippen molar-refractivity contribution in [1.82, 2.24) is 0 Å². The lowest BCUT2D eigenvalue weighted by molar-refractivity contribution is -0.257. The first kappa shape index (κ1) is 14.9. The van der Waals surface area contributed by atoms with Crippen LogP contribution < -0.4 is 0 Å². The van der Waals surface area contributed by atoms with Crippen LogP contribution in [0.3, 0.4) is 0 Å². The molecule has 0 rings (SSSR count). The van der Waals surface area contributed by atoms with E-state index in [1.165, 1.54) is 0 Å². The Morgan fingerprint density at radius 3 is 2.24 bits per heavy atom. The molecule has 0 aromatic heterocycles. The van der Waals surface area contributed by atoms with Gasteiger partial charge in [0, 0.05) is 0 Å². The van der Waals surface area contributed by atoms with Gasteiger partial charge in [-0.2, -0.15) is 4.89 Å². The average molecular weight is 248 g/mol. The lowest BCUT2D eigenvalue weighted by atomic mass is 10.1. The molecule has 0 spiro atoms. The SMILES string of the molecule is O=C(O)C/C=C/OOCC(CC(=O)O)C(=O)O. The normalized spacial score (nSPS) is 12.2. The molecule has 3 N–H and O–H groups in total. The van der Waals surface area contributed by atoms with Gasteiger partial charge < -0.3 is 20.2 Å². The Morgan fingerprint density at radius 2 is 1.76 bits per heavy atom. The number of aliphatic carboxylic acids is 3. The van der Waals surface area contributed by atoms with E-state index in [1.54, 1.807) is 0 Å². The number of carboxylic acids is 3. The topological polar surface area (TPSA) is 130 Å². The van der Waals surface area contributed by atoms with Crippen molar-refractivity contribution in [3.05, 3.63) is 12.3 Å². The highest BCUT2D eigenvalue weighted by Gasteiger charge is 2.21. The maximum absolute atomic E-state index is 10.5. The maximum atomic E-state index is 10.5. The smallest absolute Gasteiger partial charge is 0.309 e. The molecule has 0 fully saturated rings.